The van der Waals surface area contributed by atoms with Crippen molar-refractivity contribution in [3.8, 4) is 5.75 Å². The van der Waals surface area contributed by atoms with Crippen LogP contribution in [0.4, 0.5) is 11.4 Å². The average molecular weight is 295 g/mol. The fraction of sp³-hybridized carbons (Fsp3) is 0.0625. The van der Waals surface area contributed by atoms with Gasteiger partial charge in [-0.15, -0.1) is 0 Å². The molecule has 0 atom stereocenters. The van der Waals surface area contributed by atoms with Gasteiger partial charge in [-0.25, -0.2) is 0 Å². The van der Waals surface area contributed by atoms with E-state index in [-0.39, 0.29) is 18.4 Å². The summed E-state index contributed by atoms with van der Waals surface area (Å²) in [5, 5.41) is 5.41. The van der Waals surface area contributed by atoms with E-state index in [4.69, 9.17) is 4.74 Å². The first-order valence-electron chi connectivity index (χ1n) is 6.66. The van der Waals surface area contributed by atoms with E-state index in [0.717, 1.165) is 5.56 Å². The lowest BCUT2D eigenvalue weighted by Crippen LogP contribution is -2.25. The number of carbonyl (C=O) groups excluding carboxylic acids is 2. The standard InChI is InChI=1S/C16H13N3O3/c20-15(6-3-11-2-1-7-17-9-11)18-12-4-5-14-13(8-12)19-16(21)10-22-14/h1-9H,10H2,(H,18,20)(H,19,21)/b6-3+. The van der Waals surface area contributed by atoms with Gasteiger partial charge in [0.15, 0.2) is 6.61 Å². The molecule has 1 aromatic heterocycles. The summed E-state index contributed by atoms with van der Waals surface area (Å²) in [6.07, 6.45) is 6.42. The van der Waals surface area contributed by atoms with Crippen LogP contribution in [0.3, 0.4) is 0 Å². The van der Waals surface area contributed by atoms with Gasteiger partial charge in [0.2, 0.25) is 5.91 Å². The van der Waals surface area contributed by atoms with Crippen LogP contribution in [0.25, 0.3) is 6.08 Å². The number of benzene rings is 1. The molecule has 2 heterocycles. The van der Waals surface area contributed by atoms with E-state index in [9.17, 15) is 9.59 Å². The molecule has 110 valence electrons. The van der Waals surface area contributed by atoms with Gasteiger partial charge in [-0.3, -0.25) is 14.6 Å². The number of nitrogens with zero attached hydrogens (tertiary/aromatic N) is 1. The van der Waals surface area contributed by atoms with Crippen molar-refractivity contribution in [3.05, 3.63) is 54.4 Å². The number of amides is 2. The summed E-state index contributed by atoms with van der Waals surface area (Å²) in [6, 6.07) is 8.72. The van der Waals surface area contributed by atoms with Crippen LogP contribution < -0.4 is 15.4 Å². The Labute approximate surface area is 126 Å². The Morgan fingerprint density at radius 3 is 3.09 bits per heavy atom. The normalized spacial score (nSPS) is 13.2. The van der Waals surface area contributed by atoms with E-state index in [1.807, 2.05) is 6.07 Å². The van der Waals surface area contributed by atoms with Crippen LogP contribution in [0.5, 0.6) is 5.75 Å². The van der Waals surface area contributed by atoms with Gasteiger partial charge < -0.3 is 15.4 Å². The van der Waals surface area contributed by atoms with Crippen molar-refractivity contribution in [3.63, 3.8) is 0 Å². The predicted molar refractivity (Wildman–Crippen MR) is 82.5 cm³/mol. The maximum atomic E-state index is 11.9. The molecule has 1 aliphatic heterocycles. The monoisotopic (exact) mass is 295 g/mol. The van der Waals surface area contributed by atoms with Gasteiger partial charge in [-0.1, -0.05) is 6.07 Å². The third-order valence-electron chi connectivity index (χ3n) is 2.99. The summed E-state index contributed by atoms with van der Waals surface area (Å²) in [5.74, 6) is 0.0998. The van der Waals surface area contributed by atoms with E-state index in [1.54, 1.807) is 42.7 Å². The second kappa shape index (κ2) is 6.09. The van der Waals surface area contributed by atoms with Gasteiger partial charge in [0.05, 0.1) is 5.69 Å². The van der Waals surface area contributed by atoms with E-state index in [0.29, 0.717) is 17.1 Å². The maximum Gasteiger partial charge on any atom is 0.262 e. The number of fused-ring (bicyclic) bond motifs is 1. The van der Waals surface area contributed by atoms with E-state index in [2.05, 4.69) is 15.6 Å². The fourth-order valence-corrected chi connectivity index (χ4v) is 1.99. The zero-order valence-electron chi connectivity index (χ0n) is 11.6. The zero-order chi connectivity index (χ0) is 15.4. The Balaban J connectivity index is 1.68. The lowest BCUT2D eigenvalue weighted by molar-refractivity contribution is -0.118. The van der Waals surface area contributed by atoms with Gasteiger partial charge in [0.25, 0.3) is 5.91 Å². The van der Waals surface area contributed by atoms with Gasteiger partial charge in [-0.05, 0) is 35.9 Å². The quantitative estimate of drug-likeness (QED) is 0.849. The first-order chi connectivity index (χ1) is 10.7. The van der Waals surface area contributed by atoms with Crippen molar-refractivity contribution in [2.75, 3.05) is 17.2 Å². The number of aromatic nitrogens is 1. The van der Waals surface area contributed by atoms with Crippen molar-refractivity contribution in [2.24, 2.45) is 0 Å². The predicted octanol–water partition coefficient (Wildman–Crippen LogP) is 2.06. The first kappa shape index (κ1) is 13.8. The van der Waals surface area contributed by atoms with Crippen LogP contribution in [0, 0.1) is 0 Å². The minimum Gasteiger partial charge on any atom is -0.482 e. The lowest BCUT2D eigenvalue weighted by Gasteiger charge is -2.18. The largest absolute Gasteiger partial charge is 0.482 e. The molecule has 0 radical (unpaired) electrons. The number of anilines is 2. The molecular formula is C16H13N3O3. The van der Waals surface area contributed by atoms with Crippen LogP contribution in [0.1, 0.15) is 5.56 Å². The molecule has 0 saturated carbocycles. The highest BCUT2D eigenvalue weighted by Crippen LogP contribution is 2.30. The van der Waals surface area contributed by atoms with Gasteiger partial charge in [0.1, 0.15) is 5.75 Å². The summed E-state index contributed by atoms with van der Waals surface area (Å²) in [4.78, 5) is 27.1. The maximum absolute atomic E-state index is 11.9. The lowest BCUT2D eigenvalue weighted by atomic mass is 10.2. The Hall–Kier alpha value is -3.15. The van der Waals surface area contributed by atoms with E-state index in [1.165, 1.54) is 6.08 Å². The Morgan fingerprint density at radius 1 is 1.36 bits per heavy atom. The molecule has 2 amide bonds. The summed E-state index contributed by atoms with van der Waals surface area (Å²) in [5.41, 5.74) is 1.96. The number of hydrogen-bond donors (Lipinski definition) is 2. The van der Waals surface area contributed by atoms with Crippen LogP contribution in [0.15, 0.2) is 48.8 Å². The van der Waals surface area contributed by atoms with E-state index >= 15 is 0 Å². The molecule has 6 nitrogen and oxygen atoms in total. The third kappa shape index (κ3) is 3.29. The Kier molecular flexibility index (Phi) is 3.82. The number of carbonyl (C=O) groups is 2. The number of nitrogens with one attached hydrogen (secondary N) is 2. The highest BCUT2D eigenvalue weighted by Gasteiger charge is 2.16. The molecule has 2 N–H and O–H groups in total. The number of rotatable bonds is 3. The molecular weight excluding hydrogens is 282 g/mol. The number of hydrogen-bond acceptors (Lipinski definition) is 4. The number of pyridine rings is 1. The third-order valence-corrected chi connectivity index (χ3v) is 2.99. The molecule has 0 bridgehead atoms. The molecule has 1 aromatic carbocycles. The second-order valence-electron chi connectivity index (χ2n) is 4.66. The zero-order valence-corrected chi connectivity index (χ0v) is 11.6. The minimum absolute atomic E-state index is 0.00650. The molecule has 0 unspecified atom stereocenters. The van der Waals surface area contributed by atoms with E-state index < -0.39 is 0 Å². The average Bonchev–Trinajstić information content (AvgIpc) is 2.53. The smallest absolute Gasteiger partial charge is 0.262 e. The van der Waals surface area contributed by atoms with Crippen LogP contribution >= 0.6 is 0 Å². The van der Waals surface area contributed by atoms with Crippen molar-refractivity contribution >= 4 is 29.3 Å². The highest BCUT2D eigenvalue weighted by molar-refractivity contribution is 6.03. The number of ether oxygens (including phenoxy) is 1. The van der Waals surface area contributed by atoms with Crippen molar-refractivity contribution < 1.29 is 14.3 Å². The van der Waals surface area contributed by atoms with Gasteiger partial charge >= 0.3 is 0 Å². The van der Waals surface area contributed by atoms with Gasteiger partial charge in [0, 0.05) is 24.2 Å². The molecule has 22 heavy (non-hydrogen) atoms. The topological polar surface area (TPSA) is 80.3 Å². The molecule has 3 rings (SSSR count). The van der Waals surface area contributed by atoms with Crippen LogP contribution in [0.2, 0.25) is 0 Å². The van der Waals surface area contributed by atoms with Crippen LogP contribution in [-0.4, -0.2) is 23.4 Å². The molecule has 2 aromatic rings. The van der Waals surface area contributed by atoms with Crippen molar-refractivity contribution in [1.82, 2.24) is 4.98 Å². The molecule has 0 spiro atoms. The minimum atomic E-state index is -0.271. The fourth-order valence-electron chi connectivity index (χ4n) is 1.99. The molecule has 0 aliphatic carbocycles. The van der Waals surface area contributed by atoms with Gasteiger partial charge in [-0.2, -0.15) is 0 Å². The first-order valence-corrected chi connectivity index (χ1v) is 6.66. The molecule has 0 saturated heterocycles. The highest BCUT2D eigenvalue weighted by atomic mass is 16.5. The molecule has 1 aliphatic rings. The second-order valence-corrected chi connectivity index (χ2v) is 4.66. The summed E-state index contributed by atoms with van der Waals surface area (Å²) in [7, 11) is 0. The summed E-state index contributed by atoms with van der Waals surface area (Å²) >= 11 is 0. The Morgan fingerprint density at radius 2 is 2.27 bits per heavy atom. The van der Waals surface area contributed by atoms with Crippen molar-refractivity contribution in [1.29, 1.82) is 0 Å². The Bertz CT molecular complexity index is 742. The summed E-state index contributed by atoms with van der Waals surface area (Å²) < 4.78 is 5.26. The molecule has 6 heteroatoms. The molecule has 0 fully saturated rings. The SMILES string of the molecule is O=C(/C=C/c1cccnc1)Nc1ccc2c(c1)NC(=O)CO2. The van der Waals surface area contributed by atoms with Crippen molar-refractivity contribution in [2.45, 2.75) is 0 Å². The summed E-state index contributed by atoms with van der Waals surface area (Å²) in [6.45, 7) is 0.00650. The van der Waals surface area contributed by atoms with Crippen LogP contribution in [-0.2, 0) is 9.59 Å².